The minimum absolute atomic E-state index is 0.0367. The number of benzene rings is 1. The van der Waals surface area contributed by atoms with Crippen LogP contribution in [0.15, 0.2) is 36.0 Å². The molecule has 6 heteroatoms. The molecule has 2 rings (SSSR count). The molecule has 1 aromatic heterocycles. The largest absolute Gasteiger partial charge is 0.494 e. The van der Waals surface area contributed by atoms with Gasteiger partial charge in [0.05, 0.1) is 23.4 Å². The highest BCUT2D eigenvalue weighted by molar-refractivity contribution is 7.99. The quantitative estimate of drug-likeness (QED) is 0.607. The zero-order chi connectivity index (χ0) is 14.4. The number of fused-ring (bicyclic) bond motifs is 1. The summed E-state index contributed by atoms with van der Waals surface area (Å²) in [4.78, 5) is 19.1. The van der Waals surface area contributed by atoms with E-state index in [1.165, 1.54) is 11.8 Å². The minimum Gasteiger partial charge on any atom is -0.494 e. The Labute approximate surface area is 121 Å². The number of nitrogens with zero attached hydrogens (tertiary/aromatic N) is 1. The number of hydrogen-bond acceptors (Lipinski definition) is 4. The lowest BCUT2D eigenvalue weighted by molar-refractivity contribution is -0.118. The predicted molar refractivity (Wildman–Crippen MR) is 81.2 cm³/mol. The number of amides is 1. The average Bonchev–Trinajstić information content (AvgIpc) is 2.85. The Morgan fingerprint density at radius 1 is 1.60 bits per heavy atom. The fourth-order valence-corrected chi connectivity index (χ4v) is 2.38. The van der Waals surface area contributed by atoms with Gasteiger partial charge >= 0.3 is 0 Å². The van der Waals surface area contributed by atoms with E-state index in [0.717, 1.165) is 21.9 Å². The summed E-state index contributed by atoms with van der Waals surface area (Å²) in [5.74, 6) is 1.10. The van der Waals surface area contributed by atoms with Gasteiger partial charge in [0.1, 0.15) is 5.75 Å². The number of hydrogen-bond donors (Lipinski definition) is 2. The van der Waals surface area contributed by atoms with Gasteiger partial charge in [-0.3, -0.25) is 4.79 Å². The van der Waals surface area contributed by atoms with Crippen molar-refractivity contribution in [2.75, 3.05) is 18.9 Å². The summed E-state index contributed by atoms with van der Waals surface area (Å²) in [5, 5.41) is 3.45. The standard InChI is InChI=1S/C14H17N3O2S/c1-3-7-15-13(18)9-20-14-16-11-6-5-10(19-4-2)8-12(11)17-14/h3,5-6,8H,1,4,7,9H2,2H3,(H,15,18)(H,16,17). The smallest absolute Gasteiger partial charge is 0.230 e. The van der Waals surface area contributed by atoms with Crippen molar-refractivity contribution in [1.82, 2.24) is 15.3 Å². The first-order valence-electron chi connectivity index (χ1n) is 6.36. The molecule has 0 aliphatic carbocycles. The molecule has 0 saturated carbocycles. The van der Waals surface area contributed by atoms with Crippen LogP contribution in [0.5, 0.6) is 5.75 Å². The third-order valence-corrected chi connectivity index (χ3v) is 3.40. The van der Waals surface area contributed by atoms with E-state index in [1.54, 1.807) is 6.08 Å². The van der Waals surface area contributed by atoms with Gasteiger partial charge in [-0.15, -0.1) is 6.58 Å². The van der Waals surface area contributed by atoms with Crippen LogP contribution >= 0.6 is 11.8 Å². The molecule has 0 aliphatic heterocycles. The summed E-state index contributed by atoms with van der Waals surface area (Å²) in [6.45, 7) is 6.61. The van der Waals surface area contributed by atoms with Gasteiger partial charge in [0.15, 0.2) is 5.16 Å². The number of aromatic amines is 1. The van der Waals surface area contributed by atoms with Crippen LogP contribution in [0, 0.1) is 0 Å². The molecule has 2 N–H and O–H groups in total. The van der Waals surface area contributed by atoms with Crippen molar-refractivity contribution < 1.29 is 9.53 Å². The summed E-state index contributed by atoms with van der Waals surface area (Å²) < 4.78 is 5.44. The van der Waals surface area contributed by atoms with E-state index in [0.29, 0.717) is 18.9 Å². The average molecular weight is 291 g/mol. The highest BCUT2D eigenvalue weighted by Crippen LogP contribution is 2.23. The Balaban J connectivity index is 2.00. The number of rotatable bonds is 7. The van der Waals surface area contributed by atoms with Crippen LogP contribution in [0.25, 0.3) is 11.0 Å². The Morgan fingerprint density at radius 2 is 2.45 bits per heavy atom. The first-order chi connectivity index (χ1) is 9.72. The van der Waals surface area contributed by atoms with Gasteiger partial charge in [-0.05, 0) is 19.1 Å². The third kappa shape index (κ3) is 3.77. The van der Waals surface area contributed by atoms with E-state index in [2.05, 4.69) is 21.9 Å². The molecular formula is C14H17N3O2S. The van der Waals surface area contributed by atoms with Gasteiger partial charge in [0, 0.05) is 12.6 Å². The van der Waals surface area contributed by atoms with Crippen LogP contribution in [0.4, 0.5) is 0 Å². The summed E-state index contributed by atoms with van der Waals surface area (Å²) in [6.07, 6.45) is 1.65. The summed E-state index contributed by atoms with van der Waals surface area (Å²) in [5.41, 5.74) is 1.77. The zero-order valence-electron chi connectivity index (χ0n) is 11.3. The molecule has 0 radical (unpaired) electrons. The van der Waals surface area contributed by atoms with Gasteiger partial charge in [0.2, 0.25) is 5.91 Å². The summed E-state index contributed by atoms with van der Waals surface area (Å²) in [6, 6.07) is 5.70. The topological polar surface area (TPSA) is 67.0 Å². The normalized spacial score (nSPS) is 10.4. The van der Waals surface area contributed by atoms with E-state index in [1.807, 2.05) is 25.1 Å². The van der Waals surface area contributed by atoms with Crippen molar-refractivity contribution in [3.8, 4) is 5.75 Å². The molecular weight excluding hydrogens is 274 g/mol. The van der Waals surface area contributed by atoms with Crippen molar-refractivity contribution in [2.24, 2.45) is 0 Å². The maximum Gasteiger partial charge on any atom is 0.230 e. The lowest BCUT2D eigenvalue weighted by Gasteiger charge is -2.00. The van der Waals surface area contributed by atoms with Gasteiger partial charge in [-0.25, -0.2) is 4.98 Å². The predicted octanol–water partition coefficient (Wildman–Crippen LogP) is 2.36. The molecule has 0 atom stereocenters. The SMILES string of the molecule is C=CCNC(=O)CSc1nc2ccc(OCC)cc2[nH]1. The Hall–Kier alpha value is -1.95. The van der Waals surface area contributed by atoms with E-state index in [4.69, 9.17) is 4.74 Å². The highest BCUT2D eigenvalue weighted by atomic mass is 32.2. The van der Waals surface area contributed by atoms with Crippen molar-refractivity contribution in [3.05, 3.63) is 30.9 Å². The molecule has 0 fully saturated rings. The second-order valence-electron chi connectivity index (χ2n) is 4.04. The van der Waals surface area contributed by atoms with Crippen LogP contribution in [-0.2, 0) is 4.79 Å². The second-order valence-corrected chi connectivity index (χ2v) is 5.00. The second kappa shape index (κ2) is 7.00. The van der Waals surface area contributed by atoms with Gasteiger partial charge in [0.25, 0.3) is 0 Å². The Morgan fingerprint density at radius 3 is 3.20 bits per heavy atom. The number of H-pyrrole nitrogens is 1. The Bertz CT molecular complexity index is 609. The van der Waals surface area contributed by atoms with Crippen molar-refractivity contribution in [2.45, 2.75) is 12.1 Å². The lowest BCUT2D eigenvalue weighted by atomic mass is 10.3. The number of imidazole rings is 1. The van der Waals surface area contributed by atoms with Crippen LogP contribution in [0.3, 0.4) is 0 Å². The van der Waals surface area contributed by atoms with Crippen molar-refractivity contribution in [3.63, 3.8) is 0 Å². The van der Waals surface area contributed by atoms with Crippen LogP contribution in [0.2, 0.25) is 0 Å². The zero-order valence-corrected chi connectivity index (χ0v) is 12.1. The van der Waals surface area contributed by atoms with E-state index >= 15 is 0 Å². The van der Waals surface area contributed by atoms with Gasteiger partial charge in [-0.2, -0.15) is 0 Å². The number of thioether (sulfide) groups is 1. The van der Waals surface area contributed by atoms with Crippen molar-refractivity contribution in [1.29, 1.82) is 0 Å². The molecule has 1 aromatic carbocycles. The summed E-state index contributed by atoms with van der Waals surface area (Å²) in [7, 11) is 0. The van der Waals surface area contributed by atoms with Crippen molar-refractivity contribution >= 4 is 28.7 Å². The molecule has 0 aliphatic rings. The highest BCUT2D eigenvalue weighted by Gasteiger charge is 2.07. The van der Waals surface area contributed by atoms with E-state index in [9.17, 15) is 4.79 Å². The number of nitrogens with one attached hydrogen (secondary N) is 2. The molecule has 106 valence electrons. The fourth-order valence-electron chi connectivity index (χ4n) is 1.66. The molecule has 5 nitrogen and oxygen atoms in total. The fraction of sp³-hybridized carbons (Fsp3) is 0.286. The van der Waals surface area contributed by atoms with Crippen LogP contribution in [0.1, 0.15) is 6.92 Å². The maximum absolute atomic E-state index is 11.5. The minimum atomic E-state index is -0.0367. The molecule has 0 saturated heterocycles. The first-order valence-corrected chi connectivity index (χ1v) is 7.34. The monoisotopic (exact) mass is 291 g/mol. The molecule has 2 aromatic rings. The Kier molecular flexibility index (Phi) is 5.06. The molecule has 20 heavy (non-hydrogen) atoms. The number of aromatic nitrogens is 2. The van der Waals surface area contributed by atoms with E-state index in [-0.39, 0.29) is 5.91 Å². The number of ether oxygens (including phenoxy) is 1. The van der Waals surface area contributed by atoms with E-state index < -0.39 is 0 Å². The maximum atomic E-state index is 11.5. The molecule has 0 spiro atoms. The lowest BCUT2D eigenvalue weighted by Crippen LogP contribution is -2.24. The molecule has 1 heterocycles. The molecule has 1 amide bonds. The van der Waals surface area contributed by atoms with Crippen LogP contribution in [-0.4, -0.2) is 34.8 Å². The summed E-state index contributed by atoms with van der Waals surface area (Å²) >= 11 is 1.37. The third-order valence-electron chi connectivity index (χ3n) is 2.53. The number of carbonyl (C=O) groups excluding carboxylic acids is 1. The number of carbonyl (C=O) groups is 1. The van der Waals surface area contributed by atoms with Gasteiger partial charge < -0.3 is 15.0 Å². The molecule has 0 bridgehead atoms. The van der Waals surface area contributed by atoms with Crippen LogP contribution < -0.4 is 10.1 Å². The molecule has 0 unspecified atom stereocenters. The van der Waals surface area contributed by atoms with Gasteiger partial charge in [-0.1, -0.05) is 17.8 Å². The first kappa shape index (κ1) is 14.5.